The van der Waals surface area contributed by atoms with Crippen molar-refractivity contribution in [2.75, 3.05) is 5.32 Å². The lowest BCUT2D eigenvalue weighted by atomic mass is 10.1. The van der Waals surface area contributed by atoms with Gasteiger partial charge in [-0.3, -0.25) is 0 Å². The number of halogens is 1. The Morgan fingerprint density at radius 2 is 1.85 bits per heavy atom. The second-order valence-electron chi connectivity index (χ2n) is 4.56. The molecule has 4 heteroatoms. The van der Waals surface area contributed by atoms with Gasteiger partial charge in [0.1, 0.15) is 5.58 Å². The third kappa shape index (κ3) is 2.40. The van der Waals surface area contributed by atoms with Crippen molar-refractivity contribution >= 4 is 33.9 Å². The predicted octanol–water partition coefficient (Wildman–Crippen LogP) is 4.50. The summed E-state index contributed by atoms with van der Waals surface area (Å²) in [7, 11) is 0. The van der Waals surface area contributed by atoms with Crippen LogP contribution in [0.4, 0.5) is 11.4 Å². The Morgan fingerprint density at radius 3 is 2.60 bits per heavy atom. The number of aryl methyl sites for hydroxylation is 1. The Morgan fingerprint density at radius 1 is 1.10 bits per heavy atom. The lowest BCUT2D eigenvalue weighted by Gasteiger charge is -2.09. The first-order valence-corrected chi connectivity index (χ1v) is 6.57. The quantitative estimate of drug-likeness (QED) is 0.705. The standard InChI is InChI=1S/C16H12ClNO2/c1-10-3-2-4-13-14(9-15(19)20-16(10)13)18-12-7-5-11(17)6-8-12/h2-9,18H,1H3. The summed E-state index contributed by atoms with van der Waals surface area (Å²) in [6.45, 7) is 1.91. The van der Waals surface area contributed by atoms with E-state index in [0.717, 1.165) is 22.3 Å². The number of nitrogens with one attached hydrogen (secondary N) is 1. The van der Waals surface area contributed by atoms with Gasteiger partial charge in [0.25, 0.3) is 0 Å². The van der Waals surface area contributed by atoms with Crippen LogP contribution in [0.15, 0.2) is 57.7 Å². The molecule has 1 heterocycles. The number of anilines is 2. The van der Waals surface area contributed by atoms with Gasteiger partial charge in [0.15, 0.2) is 0 Å². The molecule has 0 aliphatic heterocycles. The van der Waals surface area contributed by atoms with E-state index < -0.39 is 0 Å². The van der Waals surface area contributed by atoms with Crippen molar-refractivity contribution in [2.45, 2.75) is 6.92 Å². The van der Waals surface area contributed by atoms with Crippen LogP contribution in [0.5, 0.6) is 0 Å². The van der Waals surface area contributed by atoms with Crippen LogP contribution in [0.2, 0.25) is 5.02 Å². The van der Waals surface area contributed by atoms with E-state index >= 15 is 0 Å². The molecule has 0 saturated heterocycles. The molecule has 3 nitrogen and oxygen atoms in total. The summed E-state index contributed by atoms with van der Waals surface area (Å²) in [4.78, 5) is 11.7. The molecule has 0 atom stereocenters. The van der Waals surface area contributed by atoms with E-state index in [9.17, 15) is 4.79 Å². The lowest BCUT2D eigenvalue weighted by Crippen LogP contribution is -2.01. The van der Waals surface area contributed by atoms with Crippen LogP contribution in [0.25, 0.3) is 11.0 Å². The SMILES string of the molecule is Cc1cccc2c(Nc3ccc(Cl)cc3)cc(=O)oc12. The summed E-state index contributed by atoms with van der Waals surface area (Å²) >= 11 is 5.86. The maximum Gasteiger partial charge on any atom is 0.338 e. The summed E-state index contributed by atoms with van der Waals surface area (Å²) < 4.78 is 5.27. The van der Waals surface area contributed by atoms with E-state index in [1.807, 2.05) is 37.3 Å². The molecule has 20 heavy (non-hydrogen) atoms. The summed E-state index contributed by atoms with van der Waals surface area (Å²) in [5, 5.41) is 4.77. The van der Waals surface area contributed by atoms with Crippen molar-refractivity contribution in [3.8, 4) is 0 Å². The highest BCUT2D eigenvalue weighted by Crippen LogP contribution is 2.27. The molecule has 0 aliphatic rings. The largest absolute Gasteiger partial charge is 0.422 e. The number of hydrogen-bond donors (Lipinski definition) is 1. The van der Waals surface area contributed by atoms with Gasteiger partial charge in [0, 0.05) is 22.2 Å². The van der Waals surface area contributed by atoms with Crippen molar-refractivity contribution < 1.29 is 4.42 Å². The molecular formula is C16H12ClNO2. The van der Waals surface area contributed by atoms with Crippen LogP contribution in [-0.4, -0.2) is 0 Å². The summed E-state index contributed by atoms with van der Waals surface area (Å²) in [6, 6.07) is 14.5. The van der Waals surface area contributed by atoms with Crippen LogP contribution < -0.4 is 10.9 Å². The van der Waals surface area contributed by atoms with Crippen LogP contribution in [-0.2, 0) is 0 Å². The normalized spacial score (nSPS) is 10.7. The Labute approximate surface area is 120 Å². The van der Waals surface area contributed by atoms with Gasteiger partial charge < -0.3 is 9.73 Å². The minimum Gasteiger partial charge on any atom is -0.422 e. The maximum atomic E-state index is 11.7. The monoisotopic (exact) mass is 285 g/mol. The number of rotatable bonds is 2. The van der Waals surface area contributed by atoms with Crippen LogP contribution in [0, 0.1) is 6.92 Å². The minimum atomic E-state index is -0.372. The van der Waals surface area contributed by atoms with Gasteiger partial charge in [-0.05, 0) is 42.8 Å². The van der Waals surface area contributed by atoms with Crippen molar-refractivity contribution in [3.63, 3.8) is 0 Å². The van der Waals surface area contributed by atoms with Gasteiger partial charge in [-0.2, -0.15) is 0 Å². The molecule has 0 aliphatic carbocycles. The lowest BCUT2D eigenvalue weighted by molar-refractivity contribution is 0.559. The number of benzene rings is 2. The molecule has 0 amide bonds. The highest BCUT2D eigenvalue weighted by molar-refractivity contribution is 6.30. The molecule has 2 aromatic carbocycles. The zero-order chi connectivity index (χ0) is 14.1. The third-order valence-electron chi connectivity index (χ3n) is 3.09. The van der Waals surface area contributed by atoms with E-state index in [1.165, 1.54) is 6.07 Å². The summed E-state index contributed by atoms with van der Waals surface area (Å²) in [6.07, 6.45) is 0. The smallest absolute Gasteiger partial charge is 0.338 e. The molecule has 0 spiro atoms. The minimum absolute atomic E-state index is 0.372. The molecule has 3 rings (SSSR count). The topological polar surface area (TPSA) is 42.2 Å². The van der Waals surface area contributed by atoms with Crippen LogP contribution >= 0.6 is 11.6 Å². The molecule has 0 bridgehead atoms. The van der Waals surface area contributed by atoms with Gasteiger partial charge in [0.05, 0.1) is 5.69 Å². The van der Waals surface area contributed by atoms with Gasteiger partial charge in [-0.1, -0.05) is 23.7 Å². The van der Waals surface area contributed by atoms with Crippen LogP contribution in [0.1, 0.15) is 5.56 Å². The fraction of sp³-hybridized carbons (Fsp3) is 0.0625. The fourth-order valence-corrected chi connectivity index (χ4v) is 2.24. The van der Waals surface area contributed by atoms with Gasteiger partial charge >= 0.3 is 5.63 Å². The summed E-state index contributed by atoms with van der Waals surface area (Å²) in [5.74, 6) is 0. The van der Waals surface area contributed by atoms with Gasteiger partial charge in [-0.15, -0.1) is 0 Å². The van der Waals surface area contributed by atoms with Gasteiger partial charge in [0.2, 0.25) is 0 Å². The average Bonchev–Trinajstić information content (AvgIpc) is 2.42. The molecule has 1 N–H and O–H groups in total. The fourth-order valence-electron chi connectivity index (χ4n) is 2.12. The molecule has 1 aromatic heterocycles. The second-order valence-corrected chi connectivity index (χ2v) is 5.00. The zero-order valence-corrected chi connectivity index (χ0v) is 11.6. The first-order valence-electron chi connectivity index (χ1n) is 6.19. The first kappa shape index (κ1) is 12.8. The number of para-hydroxylation sites is 1. The molecule has 3 aromatic rings. The average molecular weight is 286 g/mol. The summed E-state index contributed by atoms with van der Waals surface area (Å²) in [5.41, 5.74) is 2.75. The zero-order valence-electron chi connectivity index (χ0n) is 10.8. The Hall–Kier alpha value is -2.26. The highest BCUT2D eigenvalue weighted by atomic mass is 35.5. The van der Waals surface area contributed by atoms with Crippen molar-refractivity contribution in [1.29, 1.82) is 0 Å². The van der Waals surface area contributed by atoms with E-state index in [2.05, 4.69) is 5.32 Å². The maximum absolute atomic E-state index is 11.7. The van der Waals surface area contributed by atoms with Crippen molar-refractivity contribution in [3.05, 3.63) is 69.5 Å². The second kappa shape index (κ2) is 5.02. The Balaban J connectivity index is 2.13. The molecule has 0 radical (unpaired) electrons. The van der Waals surface area contributed by atoms with Crippen molar-refractivity contribution in [1.82, 2.24) is 0 Å². The van der Waals surface area contributed by atoms with Crippen molar-refractivity contribution in [2.24, 2.45) is 0 Å². The van der Waals surface area contributed by atoms with Gasteiger partial charge in [-0.25, -0.2) is 4.79 Å². The number of hydrogen-bond acceptors (Lipinski definition) is 3. The molecule has 0 fully saturated rings. The predicted molar refractivity (Wildman–Crippen MR) is 82.0 cm³/mol. The Bertz CT molecular complexity index is 822. The first-order chi connectivity index (χ1) is 9.63. The van der Waals surface area contributed by atoms with E-state index in [4.69, 9.17) is 16.0 Å². The Kier molecular flexibility index (Phi) is 3.20. The molecule has 0 unspecified atom stereocenters. The van der Waals surface area contributed by atoms with E-state index in [0.29, 0.717) is 10.6 Å². The highest BCUT2D eigenvalue weighted by Gasteiger charge is 2.07. The van der Waals surface area contributed by atoms with Crippen LogP contribution in [0.3, 0.4) is 0 Å². The molecule has 100 valence electrons. The van der Waals surface area contributed by atoms with E-state index in [1.54, 1.807) is 12.1 Å². The molecule has 0 saturated carbocycles. The number of fused-ring (bicyclic) bond motifs is 1. The van der Waals surface area contributed by atoms with E-state index in [-0.39, 0.29) is 5.63 Å². The third-order valence-corrected chi connectivity index (χ3v) is 3.34. The molecular weight excluding hydrogens is 274 g/mol.